The molecule has 0 bridgehead atoms. The summed E-state index contributed by atoms with van der Waals surface area (Å²) in [6.45, 7) is 1.92. The molecule has 0 spiro atoms. The fourth-order valence-electron chi connectivity index (χ4n) is 1.32. The Morgan fingerprint density at radius 2 is 2.24 bits per heavy atom. The third-order valence-electron chi connectivity index (χ3n) is 2.18. The van der Waals surface area contributed by atoms with Crippen LogP contribution in [0.1, 0.15) is 28.3 Å². The van der Waals surface area contributed by atoms with Crippen molar-refractivity contribution in [2.45, 2.75) is 13.0 Å². The van der Waals surface area contributed by atoms with Gasteiger partial charge in [0.2, 0.25) is 0 Å². The number of thiophene rings is 1. The standard InChI is InChI=1S/C11H10ClN3OS/c1-7(9-3-2-6-17-9)13-11(16)8-4-5-10(12)15-14-8/h2-7H,1H3,(H,13,16). The van der Waals surface area contributed by atoms with Crippen molar-refractivity contribution in [3.05, 3.63) is 45.4 Å². The Hall–Kier alpha value is -1.46. The van der Waals surface area contributed by atoms with Crippen molar-refractivity contribution in [3.63, 3.8) is 0 Å². The van der Waals surface area contributed by atoms with Crippen molar-refractivity contribution < 1.29 is 4.79 Å². The molecule has 0 saturated carbocycles. The van der Waals surface area contributed by atoms with E-state index in [0.717, 1.165) is 4.88 Å². The maximum atomic E-state index is 11.8. The van der Waals surface area contributed by atoms with Crippen LogP contribution in [0.2, 0.25) is 5.15 Å². The monoisotopic (exact) mass is 267 g/mol. The number of nitrogens with one attached hydrogen (secondary N) is 1. The molecule has 0 aromatic carbocycles. The predicted molar refractivity (Wildman–Crippen MR) is 67.2 cm³/mol. The number of aromatic nitrogens is 2. The Morgan fingerprint density at radius 3 is 2.82 bits per heavy atom. The van der Waals surface area contributed by atoms with Gasteiger partial charge in [0.15, 0.2) is 10.8 Å². The minimum Gasteiger partial charge on any atom is -0.343 e. The highest BCUT2D eigenvalue weighted by Gasteiger charge is 2.13. The zero-order chi connectivity index (χ0) is 12.3. The molecule has 2 heterocycles. The molecule has 2 rings (SSSR count). The highest BCUT2D eigenvalue weighted by molar-refractivity contribution is 7.10. The fraction of sp³-hybridized carbons (Fsp3) is 0.182. The Bertz CT molecular complexity index is 498. The number of amides is 1. The molecule has 17 heavy (non-hydrogen) atoms. The summed E-state index contributed by atoms with van der Waals surface area (Å²) in [5.41, 5.74) is 0.262. The van der Waals surface area contributed by atoms with Crippen LogP contribution in [-0.4, -0.2) is 16.1 Å². The van der Waals surface area contributed by atoms with Crippen molar-refractivity contribution >= 4 is 28.8 Å². The maximum Gasteiger partial charge on any atom is 0.272 e. The van der Waals surface area contributed by atoms with Crippen molar-refractivity contribution in [1.82, 2.24) is 15.5 Å². The largest absolute Gasteiger partial charge is 0.343 e. The number of carbonyl (C=O) groups excluding carboxylic acids is 1. The van der Waals surface area contributed by atoms with Crippen LogP contribution in [0, 0.1) is 0 Å². The molecule has 0 radical (unpaired) electrons. The number of carbonyl (C=O) groups is 1. The molecule has 0 aliphatic rings. The fourth-order valence-corrected chi connectivity index (χ4v) is 2.15. The van der Waals surface area contributed by atoms with E-state index >= 15 is 0 Å². The number of halogens is 1. The summed E-state index contributed by atoms with van der Waals surface area (Å²) in [5.74, 6) is -0.255. The van der Waals surface area contributed by atoms with Gasteiger partial charge in [0.25, 0.3) is 5.91 Å². The zero-order valence-electron chi connectivity index (χ0n) is 9.05. The van der Waals surface area contributed by atoms with E-state index in [1.165, 1.54) is 0 Å². The predicted octanol–water partition coefficient (Wildman–Crippen LogP) is 2.68. The minimum atomic E-state index is -0.255. The molecule has 4 nitrogen and oxygen atoms in total. The van der Waals surface area contributed by atoms with Gasteiger partial charge in [-0.1, -0.05) is 17.7 Å². The zero-order valence-corrected chi connectivity index (χ0v) is 10.6. The van der Waals surface area contributed by atoms with Crippen molar-refractivity contribution in [2.75, 3.05) is 0 Å². The summed E-state index contributed by atoms with van der Waals surface area (Å²) < 4.78 is 0. The lowest BCUT2D eigenvalue weighted by molar-refractivity contribution is 0.0934. The Balaban J connectivity index is 2.04. The quantitative estimate of drug-likeness (QED) is 0.930. The van der Waals surface area contributed by atoms with Crippen LogP contribution in [0.25, 0.3) is 0 Å². The molecule has 1 atom stereocenters. The van der Waals surface area contributed by atoms with Crippen molar-refractivity contribution in [2.24, 2.45) is 0 Å². The lowest BCUT2D eigenvalue weighted by Gasteiger charge is -2.11. The molecule has 1 amide bonds. The van der Waals surface area contributed by atoms with E-state index < -0.39 is 0 Å². The van der Waals surface area contributed by atoms with Gasteiger partial charge in [-0.2, -0.15) is 0 Å². The first-order chi connectivity index (χ1) is 8.16. The second-order valence-corrected chi connectivity index (χ2v) is 4.82. The number of hydrogen-bond donors (Lipinski definition) is 1. The van der Waals surface area contributed by atoms with Gasteiger partial charge in [-0.25, -0.2) is 0 Å². The van der Waals surface area contributed by atoms with Gasteiger partial charge in [-0.15, -0.1) is 21.5 Å². The molecule has 2 aromatic rings. The first kappa shape index (κ1) is 12.0. The second-order valence-electron chi connectivity index (χ2n) is 3.45. The Labute approximate surface area is 108 Å². The molecule has 88 valence electrons. The number of nitrogens with zero attached hydrogens (tertiary/aromatic N) is 2. The third-order valence-corrected chi connectivity index (χ3v) is 3.44. The average Bonchev–Trinajstić information content (AvgIpc) is 2.83. The summed E-state index contributed by atoms with van der Waals surface area (Å²) in [6, 6.07) is 6.97. The molecule has 0 aliphatic heterocycles. The van der Waals surface area contributed by atoms with Gasteiger partial charge in [0.05, 0.1) is 6.04 Å². The van der Waals surface area contributed by atoms with Gasteiger partial charge in [-0.05, 0) is 30.5 Å². The van der Waals surface area contributed by atoms with Gasteiger partial charge in [0, 0.05) is 4.88 Å². The summed E-state index contributed by atoms with van der Waals surface area (Å²) in [5, 5.41) is 12.4. The van der Waals surface area contributed by atoms with Crippen LogP contribution in [0.15, 0.2) is 29.6 Å². The van der Waals surface area contributed by atoms with E-state index in [-0.39, 0.29) is 22.8 Å². The number of rotatable bonds is 3. The lowest BCUT2D eigenvalue weighted by Crippen LogP contribution is -2.27. The van der Waals surface area contributed by atoms with E-state index in [0.29, 0.717) is 0 Å². The van der Waals surface area contributed by atoms with Crippen LogP contribution in [0.3, 0.4) is 0 Å². The van der Waals surface area contributed by atoms with Crippen LogP contribution < -0.4 is 5.32 Å². The molecule has 1 N–H and O–H groups in total. The third kappa shape index (κ3) is 3.01. The van der Waals surface area contributed by atoms with E-state index in [9.17, 15) is 4.79 Å². The van der Waals surface area contributed by atoms with Crippen molar-refractivity contribution in [1.29, 1.82) is 0 Å². The van der Waals surface area contributed by atoms with Gasteiger partial charge in [-0.3, -0.25) is 4.79 Å². The lowest BCUT2D eigenvalue weighted by atomic mass is 10.2. The van der Waals surface area contributed by atoms with Gasteiger partial charge in [0.1, 0.15) is 0 Å². The van der Waals surface area contributed by atoms with Crippen molar-refractivity contribution in [3.8, 4) is 0 Å². The van der Waals surface area contributed by atoms with Gasteiger partial charge >= 0.3 is 0 Å². The molecule has 6 heteroatoms. The molecular weight excluding hydrogens is 258 g/mol. The van der Waals surface area contributed by atoms with Crippen LogP contribution in [0.5, 0.6) is 0 Å². The summed E-state index contributed by atoms with van der Waals surface area (Å²) in [7, 11) is 0. The second kappa shape index (κ2) is 5.25. The smallest absolute Gasteiger partial charge is 0.272 e. The average molecular weight is 268 g/mol. The summed E-state index contributed by atoms with van der Waals surface area (Å²) in [6.07, 6.45) is 0. The normalized spacial score (nSPS) is 12.1. The Kier molecular flexibility index (Phi) is 3.71. The first-order valence-corrected chi connectivity index (χ1v) is 6.26. The van der Waals surface area contributed by atoms with Crippen LogP contribution in [0.4, 0.5) is 0 Å². The molecule has 0 fully saturated rings. The maximum absolute atomic E-state index is 11.8. The SMILES string of the molecule is CC(NC(=O)c1ccc(Cl)nn1)c1cccs1. The summed E-state index contributed by atoms with van der Waals surface area (Å²) >= 11 is 7.20. The topological polar surface area (TPSA) is 54.9 Å². The molecule has 0 aliphatic carbocycles. The van der Waals surface area contributed by atoms with E-state index in [1.807, 2.05) is 24.4 Å². The van der Waals surface area contributed by atoms with Crippen LogP contribution in [-0.2, 0) is 0 Å². The van der Waals surface area contributed by atoms with E-state index in [2.05, 4.69) is 15.5 Å². The molecule has 2 aromatic heterocycles. The highest BCUT2D eigenvalue weighted by Crippen LogP contribution is 2.18. The molecule has 0 saturated heterocycles. The molecular formula is C11H10ClN3OS. The molecule has 1 unspecified atom stereocenters. The number of hydrogen-bond acceptors (Lipinski definition) is 4. The van der Waals surface area contributed by atoms with E-state index in [4.69, 9.17) is 11.6 Å². The first-order valence-electron chi connectivity index (χ1n) is 5.00. The minimum absolute atomic E-state index is 0.0417. The van der Waals surface area contributed by atoms with Crippen LogP contribution >= 0.6 is 22.9 Å². The van der Waals surface area contributed by atoms with E-state index in [1.54, 1.807) is 23.5 Å². The summed E-state index contributed by atoms with van der Waals surface area (Å²) in [4.78, 5) is 12.9. The highest BCUT2D eigenvalue weighted by atomic mass is 35.5. The van der Waals surface area contributed by atoms with Gasteiger partial charge < -0.3 is 5.32 Å². The Morgan fingerprint density at radius 1 is 1.41 bits per heavy atom.